The van der Waals surface area contributed by atoms with Gasteiger partial charge >= 0.3 is 0 Å². The first-order valence-electron chi connectivity index (χ1n) is 7.43. The number of pyridine rings is 1. The molecule has 2 unspecified atom stereocenters. The monoisotopic (exact) mass is 254 g/mol. The fourth-order valence-electron chi connectivity index (χ4n) is 3.43. The maximum atomic E-state index is 6.00. The molecule has 2 N–H and O–H groups in total. The maximum Gasteiger partial charge on any atom is 0.0702 e. The molecule has 1 aliphatic rings. The molecule has 1 heterocycles. The summed E-state index contributed by atoms with van der Waals surface area (Å²) in [6, 6.07) is 10.9. The van der Waals surface area contributed by atoms with Crippen LogP contribution in [0.15, 0.2) is 36.5 Å². The van der Waals surface area contributed by atoms with Crippen molar-refractivity contribution in [3.8, 4) is 0 Å². The van der Waals surface area contributed by atoms with Crippen LogP contribution in [0.1, 0.15) is 43.6 Å². The van der Waals surface area contributed by atoms with E-state index in [9.17, 15) is 0 Å². The third kappa shape index (κ3) is 2.64. The van der Waals surface area contributed by atoms with E-state index in [1.807, 2.05) is 12.3 Å². The molecule has 0 aliphatic heterocycles. The highest BCUT2D eigenvalue weighted by Crippen LogP contribution is 2.36. The van der Waals surface area contributed by atoms with Gasteiger partial charge in [0, 0.05) is 11.6 Å². The first kappa shape index (κ1) is 12.6. The van der Waals surface area contributed by atoms with Crippen molar-refractivity contribution >= 4 is 10.9 Å². The van der Waals surface area contributed by atoms with Crippen molar-refractivity contribution < 1.29 is 0 Å². The van der Waals surface area contributed by atoms with Gasteiger partial charge in [0.05, 0.1) is 5.52 Å². The van der Waals surface area contributed by atoms with Crippen LogP contribution in [0.25, 0.3) is 10.9 Å². The molecular formula is C17H22N2. The van der Waals surface area contributed by atoms with E-state index in [2.05, 4.69) is 29.2 Å². The topological polar surface area (TPSA) is 38.9 Å². The number of nitrogens with zero attached hydrogens (tertiary/aromatic N) is 1. The summed E-state index contributed by atoms with van der Waals surface area (Å²) in [4.78, 5) is 4.40. The number of benzene rings is 1. The predicted octanol–water partition coefficient (Wildman–Crippen LogP) is 3.86. The van der Waals surface area contributed by atoms with Crippen LogP contribution in [0.3, 0.4) is 0 Å². The highest BCUT2D eigenvalue weighted by Gasteiger charge is 2.24. The summed E-state index contributed by atoms with van der Waals surface area (Å²) in [5.41, 5.74) is 8.54. The lowest BCUT2D eigenvalue weighted by molar-refractivity contribution is 0.408. The van der Waals surface area contributed by atoms with E-state index in [1.54, 1.807) is 0 Å². The van der Waals surface area contributed by atoms with Crippen LogP contribution in [0.5, 0.6) is 0 Å². The predicted molar refractivity (Wildman–Crippen MR) is 80.1 cm³/mol. The van der Waals surface area contributed by atoms with E-state index in [-0.39, 0.29) is 0 Å². The molecule has 1 aromatic heterocycles. The lowest BCUT2D eigenvalue weighted by Gasteiger charge is -2.24. The van der Waals surface area contributed by atoms with Crippen LogP contribution >= 0.6 is 0 Å². The summed E-state index contributed by atoms with van der Waals surface area (Å²) in [6.45, 7) is 0.815. The molecule has 0 amide bonds. The van der Waals surface area contributed by atoms with Crippen LogP contribution in [0.4, 0.5) is 0 Å². The maximum absolute atomic E-state index is 6.00. The van der Waals surface area contributed by atoms with E-state index in [0.717, 1.165) is 12.1 Å². The molecule has 0 spiro atoms. The molecule has 2 atom stereocenters. The Kier molecular flexibility index (Phi) is 3.79. The van der Waals surface area contributed by atoms with Gasteiger partial charge in [0.25, 0.3) is 0 Å². The average Bonchev–Trinajstić information content (AvgIpc) is 2.72. The van der Waals surface area contributed by atoms with Gasteiger partial charge in [0.1, 0.15) is 0 Å². The fraction of sp³-hybridized carbons (Fsp3) is 0.471. The van der Waals surface area contributed by atoms with Crippen molar-refractivity contribution in [3.63, 3.8) is 0 Å². The van der Waals surface area contributed by atoms with E-state index in [0.29, 0.717) is 11.8 Å². The summed E-state index contributed by atoms with van der Waals surface area (Å²) in [5.74, 6) is 1.29. The number of nitrogens with two attached hydrogens (primary N) is 1. The quantitative estimate of drug-likeness (QED) is 0.827. The average molecular weight is 254 g/mol. The van der Waals surface area contributed by atoms with Crippen molar-refractivity contribution in [1.29, 1.82) is 0 Å². The second kappa shape index (κ2) is 5.70. The first-order chi connectivity index (χ1) is 9.38. The molecule has 2 aromatic rings. The highest BCUT2D eigenvalue weighted by atomic mass is 14.6. The van der Waals surface area contributed by atoms with Gasteiger partial charge < -0.3 is 5.73 Å². The third-order valence-electron chi connectivity index (χ3n) is 4.52. The summed E-state index contributed by atoms with van der Waals surface area (Å²) < 4.78 is 0. The van der Waals surface area contributed by atoms with Crippen LogP contribution in [0, 0.1) is 5.92 Å². The molecule has 0 bridgehead atoms. The van der Waals surface area contributed by atoms with Crippen molar-refractivity contribution in [2.24, 2.45) is 11.7 Å². The molecule has 0 saturated heterocycles. The van der Waals surface area contributed by atoms with Gasteiger partial charge in [-0.3, -0.25) is 4.98 Å². The number of aromatic nitrogens is 1. The van der Waals surface area contributed by atoms with Crippen LogP contribution in [-0.2, 0) is 0 Å². The molecule has 1 fully saturated rings. The highest BCUT2D eigenvalue weighted by molar-refractivity contribution is 5.79. The zero-order valence-corrected chi connectivity index (χ0v) is 11.4. The Bertz CT molecular complexity index is 550. The van der Waals surface area contributed by atoms with Gasteiger partial charge in [0.2, 0.25) is 0 Å². The SMILES string of the molecule is NCC1CCCCCC1c1ccc2ncccc2c1. The normalized spacial score (nSPS) is 24.3. The Morgan fingerprint density at radius 3 is 2.89 bits per heavy atom. The Balaban J connectivity index is 1.96. The molecule has 0 radical (unpaired) electrons. The molecule has 2 heteroatoms. The van der Waals surface area contributed by atoms with E-state index < -0.39 is 0 Å². The molecule has 1 saturated carbocycles. The summed E-state index contributed by atoms with van der Waals surface area (Å²) in [5, 5.41) is 1.25. The van der Waals surface area contributed by atoms with Gasteiger partial charge in [-0.05, 0) is 55.0 Å². The van der Waals surface area contributed by atoms with E-state index >= 15 is 0 Å². The van der Waals surface area contributed by atoms with Gasteiger partial charge in [-0.25, -0.2) is 0 Å². The van der Waals surface area contributed by atoms with Crippen LogP contribution < -0.4 is 5.73 Å². The molecule has 19 heavy (non-hydrogen) atoms. The van der Waals surface area contributed by atoms with Crippen LogP contribution in [-0.4, -0.2) is 11.5 Å². The molecular weight excluding hydrogens is 232 g/mol. The standard InChI is InChI=1S/C17H22N2/c18-12-15-5-2-1-3-7-16(15)13-8-9-17-14(11-13)6-4-10-19-17/h4,6,8-11,15-16H,1-3,5,7,12,18H2. The van der Waals surface area contributed by atoms with Gasteiger partial charge in [0.15, 0.2) is 0 Å². The number of hydrogen-bond donors (Lipinski definition) is 1. The molecule has 1 aliphatic carbocycles. The summed E-state index contributed by atoms with van der Waals surface area (Å²) in [6.07, 6.45) is 8.47. The zero-order valence-electron chi connectivity index (χ0n) is 11.4. The largest absolute Gasteiger partial charge is 0.330 e. The smallest absolute Gasteiger partial charge is 0.0702 e. The van der Waals surface area contributed by atoms with Gasteiger partial charge in [-0.1, -0.05) is 31.4 Å². The Morgan fingerprint density at radius 2 is 2.00 bits per heavy atom. The summed E-state index contributed by atoms with van der Waals surface area (Å²) >= 11 is 0. The van der Waals surface area contributed by atoms with Crippen molar-refractivity contribution in [3.05, 3.63) is 42.1 Å². The second-order valence-electron chi connectivity index (χ2n) is 5.70. The minimum atomic E-state index is 0.636. The van der Waals surface area contributed by atoms with E-state index in [4.69, 9.17) is 5.73 Å². The summed E-state index contributed by atoms with van der Waals surface area (Å²) in [7, 11) is 0. The fourth-order valence-corrected chi connectivity index (χ4v) is 3.43. The van der Waals surface area contributed by atoms with Crippen molar-refractivity contribution in [1.82, 2.24) is 4.98 Å². The number of hydrogen-bond acceptors (Lipinski definition) is 2. The Hall–Kier alpha value is -1.41. The van der Waals surface area contributed by atoms with Crippen LogP contribution in [0.2, 0.25) is 0 Å². The second-order valence-corrected chi connectivity index (χ2v) is 5.70. The third-order valence-corrected chi connectivity index (χ3v) is 4.52. The zero-order chi connectivity index (χ0) is 13.1. The van der Waals surface area contributed by atoms with Gasteiger partial charge in [-0.15, -0.1) is 0 Å². The molecule has 100 valence electrons. The Labute approximate surface area is 115 Å². The minimum Gasteiger partial charge on any atom is -0.330 e. The molecule has 1 aromatic carbocycles. The van der Waals surface area contributed by atoms with Crippen molar-refractivity contribution in [2.45, 2.75) is 38.0 Å². The molecule has 3 rings (SSSR count). The Morgan fingerprint density at radius 1 is 1.11 bits per heavy atom. The molecule has 2 nitrogen and oxygen atoms in total. The van der Waals surface area contributed by atoms with E-state index in [1.165, 1.54) is 43.1 Å². The lowest BCUT2D eigenvalue weighted by atomic mass is 9.82. The lowest BCUT2D eigenvalue weighted by Crippen LogP contribution is -2.21. The van der Waals surface area contributed by atoms with Gasteiger partial charge in [-0.2, -0.15) is 0 Å². The first-order valence-corrected chi connectivity index (χ1v) is 7.43. The number of fused-ring (bicyclic) bond motifs is 1. The minimum absolute atomic E-state index is 0.636. The number of rotatable bonds is 2. The van der Waals surface area contributed by atoms with Crippen molar-refractivity contribution in [2.75, 3.05) is 6.54 Å².